The van der Waals surface area contributed by atoms with Gasteiger partial charge < -0.3 is 16.2 Å². The maximum Gasteiger partial charge on any atom is 0.354 e. The first-order chi connectivity index (χ1) is 7.91. The van der Waals surface area contributed by atoms with Gasteiger partial charge in [-0.3, -0.25) is 4.79 Å². The number of anilines is 1. The predicted molar refractivity (Wildman–Crippen MR) is 62.6 cm³/mol. The smallest absolute Gasteiger partial charge is 0.354 e. The van der Waals surface area contributed by atoms with Gasteiger partial charge in [0.25, 0.3) is 0 Å². The molecular formula is C11H15N3O3. The Bertz CT molecular complexity index is 414. The van der Waals surface area contributed by atoms with Gasteiger partial charge in [0, 0.05) is 0 Å². The van der Waals surface area contributed by atoms with Crippen LogP contribution in [0.25, 0.3) is 0 Å². The predicted octanol–water partition coefficient (Wildman–Crippen LogP) is 0.702. The summed E-state index contributed by atoms with van der Waals surface area (Å²) in [5, 5.41) is 11.2. The van der Waals surface area contributed by atoms with E-state index in [0.29, 0.717) is 5.69 Å². The van der Waals surface area contributed by atoms with Gasteiger partial charge in [-0.05, 0) is 18.1 Å². The van der Waals surface area contributed by atoms with Gasteiger partial charge >= 0.3 is 5.97 Å². The van der Waals surface area contributed by atoms with Crippen molar-refractivity contribution in [1.29, 1.82) is 0 Å². The maximum absolute atomic E-state index is 11.6. The summed E-state index contributed by atoms with van der Waals surface area (Å²) in [6.45, 7) is 3.69. The quantitative estimate of drug-likeness (QED) is 0.714. The van der Waals surface area contributed by atoms with Crippen LogP contribution in [0.1, 0.15) is 24.3 Å². The van der Waals surface area contributed by atoms with E-state index < -0.39 is 12.0 Å². The van der Waals surface area contributed by atoms with E-state index >= 15 is 0 Å². The summed E-state index contributed by atoms with van der Waals surface area (Å²) >= 11 is 0. The molecule has 0 aliphatic carbocycles. The lowest BCUT2D eigenvalue weighted by atomic mass is 10.1. The second-order valence-electron chi connectivity index (χ2n) is 4.00. The lowest BCUT2D eigenvalue weighted by Crippen LogP contribution is -2.39. The molecule has 1 aromatic rings. The van der Waals surface area contributed by atoms with Crippen LogP contribution < -0.4 is 11.1 Å². The minimum Gasteiger partial charge on any atom is -0.477 e. The summed E-state index contributed by atoms with van der Waals surface area (Å²) < 4.78 is 0. The Balaban J connectivity index is 2.70. The fraction of sp³-hybridized carbons (Fsp3) is 0.364. The Labute approximate surface area is 98.8 Å². The molecule has 1 rings (SSSR count). The molecule has 0 radical (unpaired) electrons. The fourth-order valence-corrected chi connectivity index (χ4v) is 1.12. The molecule has 0 bridgehead atoms. The number of hydrogen-bond donors (Lipinski definition) is 3. The Morgan fingerprint density at radius 1 is 1.41 bits per heavy atom. The summed E-state index contributed by atoms with van der Waals surface area (Å²) in [6, 6.07) is 2.19. The number of hydrogen-bond acceptors (Lipinski definition) is 4. The number of nitrogens with two attached hydrogens (primary N) is 1. The minimum atomic E-state index is -1.11. The third-order valence-electron chi connectivity index (χ3n) is 2.27. The van der Waals surface area contributed by atoms with Crippen LogP contribution in [0.15, 0.2) is 18.3 Å². The number of nitrogens with one attached hydrogen (secondary N) is 1. The van der Waals surface area contributed by atoms with Crippen LogP contribution in [0, 0.1) is 5.92 Å². The zero-order chi connectivity index (χ0) is 13.0. The molecule has 0 unspecified atom stereocenters. The van der Waals surface area contributed by atoms with E-state index in [1.165, 1.54) is 18.3 Å². The molecule has 1 atom stereocenters. The number of carboxylic acids is 1. The lowest BCUT2D eigenvalue weighted by molar-refractivity contribution is -0.118. The summed E-state index contributed by atoms with van der Waals surface area (Å²) in [7, 11) is 0. The molecule has 0 aliphatic rings. The summed E-state index contributed by atoms with van der Waals surface area (Å²) in [6.07, 6.45) is 1.29. The number of aromatic nitrogens is 1. The molecule has 0 saturated heterocycles. The van der Waals surface area contributed by atoms with E-state index in [1.807, 2.05) is 13.8 Å². The van der Waals surface area contributed by atoms with E-state index in [1.54, 1.807) is 0 Å². The molecule has 0 spiro atoms. The number of pyridine rings is 1. The second-order valence-corrected chi connectivity index (χ2v) is 4.00. The number of carbonyl (C=O) groups excluding carboxylic acids is 1. The first-order valence-electron chi connectivity index (χ1n) is 5.17. The average molecular weight is 237 g/mol. The highest BCUT2D eigenvalue weighted by Crippen LogP contribution is 2.08. The highest BCUT2D eigenvalue weighted by molar-refractivity contribution is 5.95. The minimum absolute atomic E-state index is 0.0289. The van der Waals surface area contributed by atoms with Gasteiger partial charge in [-0.1, -0.05) is 13.8 Å². The highest BCUT2D eigenvalue weighted by Gasteiger charge is 2.17. The maximum atomic E-state index is 11.6. The van der Waals surface area contributed by atoms with Crippen LogP contribution in [0.2, 0.25) is 0 Å². The van der Waals surface area contributed by atoms with Gasteiger partial charge in [0.05, 0.1) is 17.9 Å². The van der Waals surface area contributed by atoms with Crippen molar-refractivity contribution < 1.29 is 14.7 Å². The molecule has 0 saturated carbocycles. The number of rotatable bonds is 4. The van der Waals surface area contributed by atoms with Crippen molar-refractivity contribution in [1.82, 2.24) is 4.98 Å². The van der Waals surface area contributed by atoms with Crippen molar-refractivity contribution in [3.8, 4) is 0 Å². The average Bonchev–Trinajstić information content (AvgIpc) is 2.28. The van der Waals surface area contributed by atoms with Crippen molar-refractivity contribution in [2.75, 3.05) is 5.32 Å². The van der Waals surface area contributed by atoms with Gasteiger partial charge in [0.1, 0.15) is 5.69 Å². The zero-order valence-electron chi connectivity index (χ0n) is 9.68. The first-order valence-corrected chi connectivity index (χ1v) is 5.17. The van der Waals surface area contributed by atoms with E-state index in [2.05, 4.69) is 10.3 Å². The van der Waals surface area contributed by atoms with Gasteiger partial charge in [-0.15, -0.1) is 0 Å². The third kappa shape index (κ3) is 3.53. The Morgan fingerprint density at radius 3 is 2.47 bits per heavy atom. The number of aromatic carboxylic acids is 1. The van der Waals surface area contributed by atoms with Crippen LogP contribution in [-0.2, 0) is 4.79 Å². The summed E-state index contributed by atoms with van der Waals surface area (Å²) in [5.74, 6) is -1.40. The van der Waals surface area contributed by atoms with Crippen LogP contribution in [0.5, 0.6) is 0 Å². The van der Waals surface area contributed by atoms with Gasteiger partial charge in [0.15, 0.2) is 0 Å². The second kappa shape index (κ2) is 5.40. The molecule has 0 aromatic carbocycles. The fourth-order valence-electron chi connectivity index (χ4n) is 1.12. The molecule has 1 aromatic heterocycles. The normalized spacial score (nSPS) is 12.2. The van der Waals surface area contributed by atoms with Crippen LogP contribution in [0.3, 0.4) is 0 Å². The SMILES string of the molecule is CC(C)[C@H](N)C(=O)Nc1ccc(C(=O)O)nc1. The molecule has 4 N–H and O–H groups in total. The molecule has 17 heavy (non-hydrogen) atoms. The van der Waals surface area contributed by atoms with Gasteiger partial charge in [-0.25, -0.2) is 9.78 Å². The number of nitrogens with zero attached hydrogens (tertiary/aromatic N) is 1. The Hall–Kier alpha value is -1.95. The van der Waals surface area contributed by atoms with Crippen LogP contribution in [0.4, 0.5) is 5.69 Å². The molecule has 1 heterocycles. The van der Waals surface area contributed by atoms with Crippen molar-refractivity contribution in [3.63, 3.8) is 0 Å². The van der Waals surface area contributed by atoms with Gasteiger partial charge in [0.2, 0.25) is 5.91 Å². The summed E-state index contributed by atoms with van der Waals surface area (Å²) in [4.78, 5) is 25.8. The molecule has 6 heteroatoms. The number of amides is 1. The summed E-state index contributed by atoms with van der Waals surface area (Å²) in [5.41, 5.74) is 6.01. The lowest BCUT2D eigenvalue weighted by Gasteiger charge is -2.15. The van der Waals surface area contributed by atoms with Crippen LogP contribution in [-0.4, -0.2) is 28.0 Å². The van der Waals surface area contributed by atoms with Crippen molar-refractivity contribution in [2.45, 2.75) is 19.9 Å². The molecule has 6 nitrogen and oxygen atoms in total. The molecule has 1 amide bonds. The number of carbonyl (C=O) groups is 2. The largest absolute Gasteiger partial charge is 0.477 e. The van der Waals surface area contributed by atoms with Crippen molar-refractivity contribution >= 4 is 17.6 Å². The first kappa shape index (κ1) is 13.1. The monoisotopic (exact) mass is 237 g/mol. The van der Waals surface area contributed by atoms with E-state index in [0.717, 1.165) is 0 Å². The number of carboxylic acid groups (broad SMARTS) is 1. The van der Waals surface area contributed by atoms with E-state index in [-0.39, 0.29) is 17.5 Å². The van der Waals surface area contributed by atoms with Crippen molar-refractivity contribution in [2.24, 2.45) is 11.7 Å². The Kier molecular flexibility index (Phi) is 4.17. The molecule has 92 valence electrons. The van der Waals surface area contributed by atoms with E-state index in [9.17, 15) is 9.59 Å². The Morgan fingerprint density at radius 2 is 2.06 bits per heavy atom. The third-order valence-corrected chi connectivity index (χ3v) is 2.27. The van der Waals surface area contributed by atoms with Crippen molar-refractivity contribution in [3.05, 3.63) is 24.0 Å². The highest BCUT2D eigenvalue weighted by atomic mass is 16.4. The van der Waals surface area contributed by atoms with Gasteiger partial charge in [-0.2, -0.15) is 0 Å². The molecule has 0 fully saturated rings. The molecule has 0 aliphatic heterocycles. The zero-order valence-corrected chi connectivity index (χ0v) is 9.68. The standard InChI is InChI=1S/C11H15N3O3/c1-6(2)9(12)10(15)14-7-3-4-8(11(16)17)13-5-7/h3-6,9H,12H2,1-2H3,(H,14,15)(H,16,17)/t9-/m0/s1. The van der Waals surface area contributed by atoms with Crippen LogP contribution >= 0.6 is 0 Å². The topological polar surface area (TPSA) is 105 Å². The van der Waals surface area contributed by atoms with E-state index in [4.69, 9.17) is 10.8 Å². The molecular weight excluding hydrogens is 222 g/mol.